The topological polar surface area (TPSA) is 52.2 Å². The first-order valence-electron chi connectivity index (χ1n) is 3.28. The molecule has 0 amide bonds. The third kappa shape index (κ3) is 4.90. The molecule has 0 radical (unpaired) electrons. The van der Waals surface area contributed by atoms with E-state index in [0.717, 1.165) is 5.69 Å². The van der Waals surface area contributed by atoms with Gasteiger partial charge in [-0.2, -0.15) is 0 Å². The van der Waals surface area contributed by atoms with E-state index >= 15 is 0 Å². The van der Waals surface area contributed by atoms with Crippen LogP contribution < -0.4 is 61.8 Å². The Morgan fingerprint density at radius 3 is 2.42 bits per heavy atom. The minimum atomic E-state index is -1.10. The summed E-state index contributed by atoms with van der Waals surface area (Å²) in [5.41, 5.74) is 0.789. The second-order valence-electron chi connectivity index (χ2n) is 2.09. The number of para-hydroxylation sites is 1. The van der Waals surface area contributed by atoms with Gasteiger partial charge in [-0.3, -0.25) is 0 Å². The number of carbonyl (C=O) groups excluding carboxylic acids is 1. The van der Waals surface area contributed by atoms with E-state index < -0.39 is 5.97 Å². The van der Waals surface area contributed by atoms with Crippen molar-refractivity contribution in [3.63, 3.8) is 0 Å². The fourth-order valence-electron chi connectivity index (χ4n) is 0.730. The number of hydrogen-bond donors (Lipinski definition) is 1. The molecule has 0 heterocycles. The van der Waals surface area contributed by atoms with Crippen molar-refractivity contribution in [1.29, 1.82) is 0 Å². The van der Waals surface area contributed by atoms with Crippen LogP contribution in [0.4, 0.5) is 5.69 Å². The van der Waals surface area contributed by atoms with Crippen LogP contribution in [0, 0.1) is 0 Å². The molecule has 58 valence electrons. The molecule has 1 aromatic rings. The van der Waals surface area contributed by atoms with Crippen LogP contribution in [0.3, 0.4) is 0 Å². The first-order chi connectivity index (χ1) is 5.29. The summed E-state index contributed by atoms with van der Waals surface area (Å²) in [6, 6.07) is 9.12. The average Bonchev–Trinajstić information content (AvgIpc) is 2.03. The molecule has 4 heteroatoms. The number of aliphatic carboxylic acids is 1. The fourth-order valence-corrected chi connectivity index (χ4v) is 0.730. The number of carboxylic acids is 1. The summed E-state index contributed by atoms with van der Waals surface area (Å²) in [5.74, 6) is -1.10. The van der Waals surface area contributed by atoms with E-state index in [1.54, 1.807) is 12.1 Å². The molecule has 0 atom stereocenters. The Morgan fingerprint density at radius 2 is 1.92 bits per heavy atom. The number of anilines is 1. The first-order valence-corrected chi connectivity index (χ1v) is 3.28. The SMILES string of the molecule is O=C([O-])CNc1ccccc1.[K+]. The third-order valence-corrected chi connectivity index (χ3v) is 1.21. The van der Waals surface area contributed by atoms with E-state index in [-0.39, 0.29) is 57.9 Å². The molecule has 0 aliphatic rings. The van der Waals surface area contributed by atoms with Crippen molar-refractivity contribution in [2.24, 2.45) is 0 Å². The maximum absolute atomic E-state index is 10.00. The van der Waals surface area contributed by atoms with Crippen LogP contribution in [0.15, 0.2) is 30.3 Å². The number of carboxylic acid groups (broad SMARTS) is 1. The van der Waals surface area contributed by atoms with Crippen molar-refractivity contribution in [2.45, 2.75) is 0 Å². The molecule has 0 spiro atoms. The zero-order chi connectivity index (χ0) is 8.10. The summed E-state index contributed by atoms with van der Waals surface area (Å²) in [5, 5.41) is 12.7. The Morgan fingerprint density at radius 1 is 1.33 bits per heavy atom. The fraction of sp³-hybridized carbons (Fsp3) is 0.125. The van der Waals surface area contributed by atoms with E-state index in [9.17, 15) is 9.90 Å². The van der Waals surface area contributed by atoms with Crippen molar-refractivity contribution in [3.8, 4) is 0 Å². The molecule has 0 aliphatic heterocycles. The monoisotopic (exact) mass is 189 g/mol. The van der Waals surface area contributed by atoms with Crippen LogP contribution in [0.5, 0.6) is 0 Å². The first kappa shape index (κ1) is 12.1. The molecule has 0 unspecified atom stereocenters. The molecule has 0 saturated heterocycles. The van der Waals surface area contributed by atoms with Crippen LogP contribution in [-0.2, 0) is 4.79 Å². The molecule has 0 aliphatic carbocycles. The summed E-state index contributed by atoms with van der Waals surface area (Å²) in [4.78, 5) is 10.00. The van der Waals surface area contributed by atoms with Gasteiger partial charge in [0.2, 0.25) is 0 Å². The van der Waals surface area contributed by atoms with E-state index in [4.69, 9.17) is 0 Å². The molecule has 12 heavy (non-hydrogen) atoms. The van der Waals surface area contributed by atoms with Gasteiger partial charge in [-0.25, -0.2) is 0 Å². The van der Waals surface area contributed by atoms with Gasteiger partial charge in [-0.05, 0) is 12.1 Å². The van der Waals surface area contributed by atoms with Gasteiger partial charge < -0.3 is 15.2 Å². The number of nitrogens with one attached hydrogen (secondary N) is 1. The number of benzene rings is 1. The predicted molar refractivity (Wildman–Crippen MR) is 39.9 cm³/mol. The molecule has 0 aromatic heterocycles. The van der Waals surface area contributed by atoms with Crippen molar-refractivity contribution in [2.75, 3.05) is 11.9 Å². The number of hydrogen-bond acceptors (Lipinski definition) is 3. The smallest absolute Gasteiger partial charge is 0.548 e. The molecular weight excluding hydrogens is 181 g/mol. The summed E-state index contributed by atoms with van der Waals surface area (Å²) >= 11 is 0. The minimum Gasteiger partial charge on any atom is -0.548 e. The van der Waals surface area contributed by atoms with Crippen LogP contribution in [0.1, 0.15) is 0 Å². The molecule has 1 rings (SSSR count). The number of carbonyl (C=O) groups is 1. The number of rotatable bonds is 3. The van der Waals surface area contributed by atoms with Crippen LogP contribution in [-0.4, -0.2) is 12.5 Å². The van der Waals surface area contributed by atoms with E-state index in [2.05, 4.69) is 5.32 Å². The maximum atomic E-state index is 10.00. The summed E-state index contributed by atoms with van der Waals surface area (Å²) < 4.78 is 0. The van der Waals surface area contributed by atoms with Gasteiger partial charge in [-0.1, -0.05) is 18.2 Å². The molecule has 0 bridgehead atoms. The average molecular weight is 189 g/mol. The quantitative estimate of drug-likeness (QED) is 0.511. The molecule has 0 fully saturated rings. The molecule has 1 aromatic carbocycles. The standard InChI is InChI=1S/C8H9NO2.K/c10-8(11)6-9-7-4-2-1-3-5-7;/h1-5,9H,6H2,(H,10,11);/q;+1/p-1. The Balaban J connectivity index is 0.00000121. The van der Waals surface area contributed by atoms with Crippen LogP contribution in [0.2, 0.25) is 0 Å². The van der Waals surface area contributed by atoms with E-state index in [0.29, 0.717) is 0 Å². The Bertz CT molecular complexity index is 238. The third-order valence-electron chi connectivity index (χ3n) is 1.21. The summed E-state index contributed by atoms with van der Waals surface area (Å²) in [6.45, 7) is -0.149. The van der Waals surface area contributed by atoms with Crippen molar-refractivity contribution in [3.05, 3.63) is 30.3 Å². The van der Waals surface area contributed by atoms with Crippen molar-refractivity contribution >= 4 is 11.7 Å². The van der Waals surface area contributed by atoms with E-state index in [1.165, 1.54) is 0 Å². The maximum Gasteiger partial charge on any atom is 1.00 e. The Kier molecular flexibility index (Phi) is 6.69. The molecule has 3 nitrogen and oxygen atoms in total. The molecular formula is C8H8KNO2. The second kappa shape index (κ2) is 6.62. The van der Waals surface area contributed by atoms with Gasteiger partial charge in [0.1, 0.15) is 0 Å². The van der Waals surface area contributed by atoms with Gasteiger partial charge in [-0.15, -0.1) is 0 Å². The second-order valence-corrected chi connectivity index (χ2v) is 2.09. The minimum absolute atomic E-state index is 0. The summed E-state index contributed by atoms with van der Waals surface area (Å²) in [7, 11) is 0. The van der Waals surface area contributed by atoms with Crippen LogP contribution >= 0.6 is 0 Å². The van der Waals surface area contributed by atoms with Crippen molar-refractivity contribution in [1.82, 2.24) is 0 Å². The Labute approximate surface area is 114 Å². The predicted octanol–water partition coefficient (Wildman–Crippen LogP) is -3.15. The van der Waals surface area contributed by atoms with Gasteiger partial charge in [0.15, 0.2) is 0 Å². The van der Waals surface area contributed by atoms with E-state index in [1.807, 2.05) is 18.2 Å². The van der Waals surface area contributed by atoms with Crippen LogP contribution in [0.25, 0.3) is 0 Å². The zero-order valence-corrected chi connectivity index (χ0v) is 10.0. The van der Waals surface area contributed by atoms with Gasteiger partial charge >= 0.3 is 51.4 Å². The molecule has 0 saturated carbocycles. The van der Waals surface area contributed by atoms with Gasteiger partial charge in [0.25, 0.3) is 0 Å². The van der Waals surface area contributed by atoms with Gasteiger partial charge in [0, 0.05) is 5.69 Å². The normalized spacial score (nSPS) is 8.33. The Hall–Kier alpha value is 0.126. The van der Waals surface area contributed by atoms with Crippen molar-refractivity contribution < 1.29 is 61.3 Å². The summed E-state index contributed by atoms with van der Waals surface area (Å²) in [6.07, 6.45) is 0. The zero-order valence-electron chi connectivity index (χ0n) is 6.91. The van der Waals surface area contributed by atoms with Gasteiger partial charge in [0.05, 0.1) is 12.5 Å². The largest absolute Gasteiger partial charge is 1.00 e. The molecule has 1 N–H and O–H groups in total.